The average molecular weight is 424 g/mol. The number of nitrogens with one attached hydrogen (secondary N) is 1. The van der Waals surface area contributed by atoms with Crippen molar-refractivity contribution < 1.29 is 4.79 Å². The van der Waals surface area contributed by atoms with E-state index in [-0.39, 0.29) is 5.91 Å². The van der Waals surface area contributed by atoms with Crippen LogP contribution in [0.15, 0.2) is 72.8 Å². The van der Waals surface area contributed by atoms with Crippen molar-refractivity contribution >= 4 is 40.1 Å². The van der Waals surface area contributed by atoms with Gasteiger partial charge in [0.15, 0.2) is 0 Å². The molecule has 3 aromatic carbocycles. The van der Waals surface area contributed by atoms with E-state index < -0.39 is 0 Å². The van der Waals surface area contributed by atoms with Crippen LogP contribution in [0.25, 0.3) is 11.0 Å². The van der Waals surface area contributed by atoms with Crippen LogP contribution in [0.2, 0.25) is 10.0 Å². The zero-order valence-corrected chi connectivity index (χ0v) is 17.1. The van der Waals surface area contributed by atoms with E-state index in [1.165, 1.54) is 0 Å². The zero-order chi connectivity index (χ0) is 20.2. The number of carbonyl (C=O) groups is 1. The van der Waals surface area contributed by atoms with E-state index in [1.54, 1.807) is 24.3 Å². The summed E-state index contributed by atoms with van der Waals surface area (Å²) >= 11 is 12.3. The molecule has 1 heterocycles. The fourth-order valence-electron chi connectivity index (χ4n) is 3.28. The highest BCUT2D eigenvalue weighted by atomic mass is 35.5. The summed E-state index contributed by atoms with van der Waals surface area (Å²) in [5, 5.41) is 4.29. The van der Waals surface area contributed by atoms with Gasteiger partial charge < -0.3 is 9.88 Å². The summed E-state index contributed by atoms with van der Waals surface area (Å²) in [6.45, 7) is 1.11. The second kappa shape index (κ2) is 8.68. The number of fused-ring (bicyclic) bond motifs is 1. The minimum atomic E-state index is -0.129. The van der Waals surface area contributed by atoms with E-state index in [1.807, 2.05) is 42.5 Å². The van der Waals surface area contributed by atoms with Gasteiger partial charge in [-0.1, -0.05) is 53.5 Å². The van der Waals surface area contributed by atoms with Crippen LogP contribution in [0.3, 0.4) is 0 Å². The van der Waals surface area contributed by atoms with E-state index >= 15 is 0 Å². The van der Waals surface area contributed by atoms with Gasteiger partial charge in [0.1, 0.15) is 5.82 Å². The van der Waals surface area contributed by atoms with Gasteiger partial charge in [-0.25, -0.2) is 4.98 Å². The van der Waals surface area contributed by atoms with E-state index in [2.05, 4.69) is 16.0 Å². The summed E-state index contributed by atoms with van der Waals surface area (Å²) in [6.07, 6.45) is 0.610. The molecular weight excluding hydrogens is 405 g/mol. The Balaban J connectivity index is 1.53. The van der Waals surface area contributed by atoms with Crippen LogP contribution in [0.5, 0.6) is 0 Å². The Kier molecular flexibility index (Phi) is 5.84. The number of benzene rings is 3. The van der Waals surface area contributed by atoms with Gasteiger partial charge in [0.25, 0.3) is 5.91 Å². The molecule has 29 heavy (non-hydrogen) atoms. The summed E-state index contributed by atoms with van der Waals surface area (Å²) in [7, 11) is 0. The first kappa shape index (κ1) is 19.5. The van der Waals surface area contributed by atoms with Crippen LogP contribution < -0.4 is 5.32 Å². The normalized spacial score (nSPS) is 11.0. The Morgan fingerprint density at radius 2 is 1.66 bits per heavy atom. The van der Waals surface area contributed by atoms with Crippen LogP contribution in [0, 0.1) is 0 Å². The second-order valence-electron chi connectivity index (χ2n) is 6.71. The zero-order valence-electron chi connectivity index (χ0n) is 15.6. The highest BCUT2D eigenvalue weighted by Crippen LogP contribution is 2.22. The van der Waals surface area contributed by atoms with E-state index in [9.17, 15) is 4.79 Å². The highest BCUT2D eigenvalue weighted by Gasteiger charge is 2.13. The molecule has 0 spiro atoms. The summed E-state index contributed by atoms with van der Waals surface area (Å²) in [5.41, 5.74) is 3.59. The molecule has 6 heteroatoms. The van der Waals surface area contributed by atoms with Crippen molar-refractivity contribution in [2.75, 3.05) is 6.54 Å². The van der Waals surface area contributed by atoms with Crippen LogP contribution in [0.4, 0.5) is 0 Å². The molecule has 0 aliphatic heterocycles. The average Bonchev–Trinajstić information content (AvgIpc) is 3.07. The van der Waals surface area contributed by atoms with Crippen molar-refractivity contribution in [3.8, 4) is 0 Å². The molecular formula is C23H19Cl2N3O. The Morgan fingerprint density at radius 1 is 0.931 bits per heavy atom. The molecule has 0 atom stereocenters. The van der Waals surface area contributed by atoms with Gasteiger partial charge in [-0.2, -0.15) is 0 Å². The Bertz CT molecular complexity index is 1150. The molecule has 0 saturated carbocycles. The standard InChI is InChI=1S/C23H19Cl2N3O/c24-18-11-9-16(10-12-18)23(29)26-14-13-22-27-20-7-3-4-8-21(20)28(22)15-17-5-1-2-6-19(17)25/h1-12H,13-15H2,(H,26,29). The van der Waals surface area contributed by atoms with Gasteiger partial charge in [0, 0.05) is 28.6 Å². The third-order valence-corrected chi connectivity index (χ3v) is 5.38. The van der Waals surface area contributed by atoms with E-state index in [0.717, 1.165) is 27.4 Å². The lowest BCUT2D eigenvalue weighted by Crippen LogP contribution is -2.26. The van der Waals surface area contributed by atoms with Gasteiger partial charge in [-0.05, 0) is 48.0 Å². The van der Waals surface area contributed by atoms with E-state index in [4.69, 9.17) is 28.2 Å². The minimum absolute atomic E-state index is 0.129. The van der Waals surface area contributed by atoms with Gasteiger partial charge in [-0.15, -0.1) is 0 Å². The fourth-order valence-corrected chi connectivity index (χ4v) is 3.60. The summed E-state index contributed by atoms with van der Waals surface area (Å²) < 4.78 is 2.16. The largest absolute Gasteiger partial charge is 0.352 e. The maximum absolute atomic E-state index is 12.3. The smallest absolute Gasteiger partial charge is 0.251 e. The molecule has 1 aromatic heterocycles. The number of amides is 1. The first-order valence-electron chi connectivity index (χ1n) is 9.33. The number of hydrogen-bond donors (Lipinski definition) is 1. The van der Waals surface area contributed by atoms with Crippen molar-refractivity contribution in [3.63, 3.8) is 0 Å². The third-order valence-electron chi connectivity index (χ3n) is 4.76. The van der Waals surface area contributed by atoms with E-state index in [0.29, 0.717) is 30.1 Å². The Hall–Kier alpha value is -2.82. The molecule has 1 N–H and O–H groups in total. The molecule has 0 fully saturated rings. The Labute approximate surface area is 179 Å². The number of carbonyl (C=O) groups excluding carboxylic acids is 1. The van der Waals surface area contributed by atoms with Crippen LogP contribution in [-0.4, -0.2) is 22.0 Å². The fraction of sp³-hybridized carbons (Fsp3) is 0.130. The third kappa shape index (κ3) is 4.44. The number of rotatable bonds is 6. The molecule has 146 valence electrons. The van der Waals surface area contributed by atoms with Gasteiger partial charge in [0.05, 0.1) is 17.6 Å². The van der Waals surface area contributed by atoms with Crippen molar-refractivity contribution in [1.29, 1.82) is 0 Å². The lowest BCUT2D eigenvalue weighted by molar-refractivity contribution is 0.0954. The second-order valence-corrected chi connectivity index (χ2v) is 7.55. The lowest BCUT2D eigenvalue weighted by Gasteiger charge is -2.11. The van der Waals surface area contributed by atoms with Gasteiger partial charge in [0.2, 0.25) is 0 Å². The maximum Gasteiger partial charge on any atom is 0.251 e. The molecule has 1 amide bonds. The van der Waals surface area contributed by atoms with Crippen LogP contribution >= 0.6 is 23.2 Å². The quantitative estimate of drug-likeness (QED) is 0.453. The summed E-state index contributed by atoms with van der Waals surface area (Å²) in [4.78, 5) is 17.1. The number of halogens is 2. The first-order chi connectivity index (χ1) is 14.1. The lowest BCUT2D eigenvalue weighted by atomic mass is 10.2. The molecule has 4 nitrogen and oxygen atoms in total. The van der Waals surface area contributed by atoms with Gasteiger partial charge in [-0.3, -0.25) is 4.79 Å². The number of hydrogen-bond acceptors (Lipinski definition) is 2. The molecule has 0 bridgehead atoms. The van der Waals surface area contributed by atoms with Crippen LogP contribution in [-0.2, 0) is 13.0 Å². The van der Waals surface area contributed by atoms with Crippen molar-refractivity contribution in [2.45, 2.75) is 13.0 Å². The number of imidazole rings is 1. The molecule has 0 saturated heterocycles. The Morgan fingerprint density at radius 3 is 2.45 bits per heavy atom. The topological polar surface area (TPSA) is 46.9 Å². The molecule has 4 aromatic rings. The molecule has 0 aliphatic rings. The van der Waals surface area contributed by atoms with Crippen molar-refractivity contribution in [2.24, 2.45) is 0 Å². The highest BCUT2D eigenvalue weighted by molar-refractivity contribution is 6.31. The predicted octanol–water partition coefficient (Wildman–Crippen LogP) is 5.36. The molecule has 0 unspecified atom stereocenters. The van der Waals surface area contributed by atoms with Gasteiger partial charge >= 0.3 is 0 Å². The van der Waals surface area contributed by atoms with Crippen molar-refractivity contribution in [1.82, 2.24) is 14.9 Å². The number of nitrogens with zero attached hydrogens (tertiary/aromatic N) is 2. The summed E-state index contributed by atoms with van der Waals surface area (Å²) in [6, 6.07) is 22.7. The number of para-hydroxylation sites is 2. The monoisotopic (exact) mass is 423 g/mol. The SMILES string of the molecule is O=C(NCCc1nc2ccccc2n1Cc1ccccc1Cl)c1ccc(Cl)cc1. The minimum Gasteiger partial charge on any atom is -0.352 e. The molecule has 0 aliphatic carbocycles. The first-order valence-corrected chi connectivity index (χ1v) is 10.1. The van der Waals surface area contributed by atoms with Crippen LogP contribution in [0.1, 0.15) is 21.7 Å². The maximum atomic E-state index is 12.3. The van der Waals surface area contributed by atoms with Crippen molar-refractivity contribution in [3.05, 3.63) is 99.8 Å². The predicted molar refractivity (Wildman–Crippen MR) is 118 cm³/mol. The number of aromatic nitrogens is 2. The molecule has 0 radical (unpaired) electrons. The molecule has 4 rings (SSSR count). The summed E-state index contributed by atoms with van der Waals surface area (Å²) in [5.74, 6) is 0.776.